The van der Waals surface area contributed by atoms with Gasteiger partial charge in [-0.1, -0.05) is 20.8 Å². The van der Waals surface area contributed by atoms with Crippen LogP contribution in [0.2, 0.25) is 0 Å². The van der Waals surface area contributed by atoms with E-state index in [0.717, 1.165) is 0 Å². The van der Waals surface area contributed by atoms with E-state index < -0.39 is 30.2 Å². The predicted molar refractivity (Wildman–Crippen MR) is 117 cm³/mol. The second-order valence-electron chi connectivity index (χ2n) is 9.72. The van der Waals surface area contributed by atoms with E-state index in [1.54, 1.807) is 25.3 Å². The summed E-state index contributed by atoms with van der Waals surface area (Å²) in [5.74, 6) is -0.00396. The van der Waals surface area contributed by atoms with Crippen molar-refractivity contribution in [3.05, 3.63) is 16.7 Å². The zero-order valence-electron chi connectivity index (χ0n) is 18.1. The summed E-state index contributed by atoms with van der Waals surface area (Å²) in [5.41, 5.74) is 5.08. The third-order valence-electron chi connectivity index (χ3n) is 4.41. The quantitative estimate of drug-likeness (QED) is 0.576. The number of nitrogen functional groups attached to an aromatic ring is 1. The van der Waals surface area contributed by atoms with Crippen molar-refractivity contribution in [2.24, 2.45) is 5.41 Å². The van der Waals surface area contributed by atoms with Crippen LogP contribution in [0.5, 0.6) is 0 Å². The molecule has 1 fully saturated rings. The average molecular weight is 460 g/mol. The molecular formula is C18H30N5O5PS. The van der Waals surface area contributed by atoms with Gasteiger partial charge in [-0.25, -0.2) is 4.98 Å². The van der Waals surface area contributed by atoms with Gasteiger partial charge in [0.05, 0.1) is 24.1 Å². The van der Waals surface area contributed by atoms with Gasteiger partial charge < -0.3 is 24.4 Å². The lowest BCUT2D eigenvalue weighted by Gasteiger charge is -2.31. The SMILES string of the molecule is CC(C)(C)C[C@H]1O[C@@H](n2cnc3c(=O)[nH]c(N)nc32)C[C@H]1OP(O)(=S)OC(C)(C)C. The first-order valence-corrected chi connectivity index (χ1v) is 12.3. The summed E-state index contributed by atoms with van der Waals surface area (Å²) in [5, 5.41) is 0. The van der Waals surface area contributed by atoms with Crippen LogP contribution in [0.25, 0.3) is 11.2 Å². The van der Waals surface area contributed by atoms with Crippen LogP contribution in [-0.2, 0) is 25.6 Å². The number of anilines is 1. The van der Waals surface area contributed by atoms with Crippen LogP contribution in [-0.4, -0.2) is 42.2 Å². The number of ether oxygens (including phenoxy) is 1. The number of rotatable bonds is 5. The van der Waals surface area contributed by atoms with E-state index in [1.165, 1.54) is 6.33 Å². The molecule has 3 heterocycles. The van der Waals surface area contributed by atoms with E-state index in [0.29, 0.717) is 18.5 Å². The Balaban J connectivity index is 1.90. The minimum atomic E-state index is -3.50. The molecule has 0 amide bonds. The van der Waals surface area contributed by atoms with Gasteiger partial charge in [-0.15, -0.1) is 0 Å². The van der Waals surface area contributed by atoms with Crippen molar-refractivity contribution in [1.82, 2.24) is 19.5 Å². The lowest BCUT2D eigenvalue weighted by molar-refractivity contribution is -0.0360. The van der Waals surface area contributed by atoms with E-state index in [4.69, 9.17) is 31.3 Å². The molecule has 168 valence electrons. The van der Waals surface area contributed by atoms with E-state index in [9.17, 15) is 9.69 Å². The Labute approximate surface area is 180 Å². The summed E-state index contributed by atoms with van der Waals surface area (Å²) in [6.07, 6.45) is 1.20. The van der Waals surface area contributed by atoms with Crippen molar-refractivity contribution in [3.8, 4) is 0 Å². The third kappa shape index (κ3) is 5.66. The maximum absolute atomic E-state index is 12.1. The topological polar surface area (TPSA) is 138 Å². The lowest BCUT2D eigenvalue weighted by Crippen LogP contribution is -2.29. The van der Waals surface area contributed by atoms with Crippen LogP contribution in [0, 0.1) is 5.41 Å². The van der Waals surface area contributed by atoms with Gasteiger partial charge in [0.15, 0.2) is 11.2 Å². The lowest BCUT2D eigenvalue weighted by atomic mass is 9.87. The highest BCUT2D eigenvalue weighted by molar-refractivity contribution is 8.07. The Morgan fingerprint density at radius 2 is 2.07 bits per heavy atom. The van der Waals surface area contributed by atoms with Gasteiger partial charge in [-0.2, -0.15) is 4.98 Å². The first kappa shape index (κ1) is 23.3. The minimum absolute atomic E-state index is 0.00396. The monoisotopic (exact) mass is 459 g/mol. The Hall–Kier alpha value is -1.36. The highest BCUT2D eigenvalue weighted by Crippen LogP contribution is 2.52. The molecule has 2 aromatic heterocycles. The molecule has 0 radical (unpaired) electrons. The molecule has 10 nitrogen and oxygen atoms in total. The number of nitrogens with two attached hydrogens (primary N) is 1. The smallest absolute Gasteiger partial charge is 0.325 e. The molecule has 0 saturated carbocycles. The maximum atomic E-state index is 12.1. The van der Waals surface area contributed by atoms with E-state index in [-0.39, 0.29) is 23.0 Å². The highest BCUT2D eigenvalue weighted by Gasteiger charge is 2.43. The molecule has 1 unspecified atom stereocenters. The van der Waals surface area contributed by atoms with Crippen LogP contribution in [0.1, 0.15) is 60.6 Å². The van der Waals surface area contributed by atoms with Crippen LogP contribution < -0.4 is 11.3 Å². The Kier molecular flexibility index (Phi) is 6.18. The molecule has 0 aromatic carbocycles. The number of hydrogen-bond donors (Lipinski definition) is 3. The predicted octanol–water partition coefficient (Wildman–Crippen LogP) is 2.84. The zero-order valence-corrected chi connectivity index (χ0v) is 19.8. The number of nitrogens with one attached hydrogen (secondary N) is 1. The fraction of sp³-hybridized carbons (Fsp3) is 0.722. The van der Waals surface area contributed by atoms with Crippen molar-refractivity contribution in [3.63, 3.8) is 0 Å². The molecule has 4 atom stereocenters. The molecule has 2 aromatic rings. The van der Waals surface area contributed by atoms with Gasteiger partial charge in [0, 0.05) is 6.42 Å². The molecule has 1 aliphatic heterocycles. The normalized spacial score (nSPS) is 25.0. The second-order valence-corrected chi connectivity index (χ2v) is 12.4. The summed E-state index contributed by atoms with van der Waals surface area (Å²) in [6.45, 7) is 8.20. The minimum Gasteiger partial charge on any atom is -0.369 e. The molecule has 0 bridgehead atoms. The summed E-state index contributed by atoms with van der Waals surface area (Å²) < 4.78 is 19.4. The van der Waals surface area contributed by atoms with Crippen LogP contribution in [0.3, 0.4) is 0 Å². The van der Waals surface area contributed by atoms with Crippen molar-refractivity contribution >= 4 is 35.6 Å². The van der Waals surface area contributed by atoms with E-state index in [2.05, 4.69) is 35.7 Å². The molecule has 4 N–H and O–H groups in total. The fourth-order valence-corrected chi connectivity index (χ4v) is 5.76. The number of aromatic amines is 1. The Bertz CT molecular complexity index is 1020. The van der Waals surface area contributed by atoms with Crippen LogP contribution in [0.15, 0.2) is 11.1 Å². The van der Waals surface area contributed by atoms with E-state index >= 15 is 0 Å². The van der Waals surface area contributed by atoms with Crippen molar-refractivity contribution in [2.75, 3.05) is 5.73 Å². The summed E-state index contributed by atoms with van der Waals surface area (Å²) >= 11 is 5.25. The van der Waals surface area contributed by atoms with Crippen molar-refractivity contribution < 1.29 is 18.7 Å². The standard InChI is InChI=1S/C18H30N5O5PS/c1-17(2,3)8-11-10(27-29(25,30)28-18(4,5)6)7-12(26-11)23-9-20-13-14(23)21-16(19)22-15(13)24/h9-12H,7-8H2,1-6H3,(H,25,30)(H3,19,21,22,24)/t10-,11-,12-,29?/m1/s1. The number of fused-ring (bicyclic) bond motifs is 1. The zero-order chi connectivity index (χ0) is 22.5. The number of hydrogen-bond acceptors (Lipinski definition) is 8. The molecule has 0 spiro atoms. The molecule has 1 aliphatic rings. The number of H-pyrrole nitrogens is 1. The van der Waals surface area contributed by atoms with Gasteiger partial charge in [-0.05, 0) is 44.4 Å². The summed E-state index contributed by atoms with van der Waals surface area (Å²) in [7, 11) is 0. The molecule has 0 aliphatic carbocycles. The maximum Gasteiger partial charge on any atom is 0.325 e. The van der Waals surface area contributed by atoms with Gasteiger partial charge in [0.2, 0.25) is 5.95 Å². The number of nitrogens with zero attached hydrogens (tertiary/aromatic N) is 3. The van der Waals surface area contributed by atoms with Crippen molar-refractivity contribution in [1.29, 1.82) is 0 Å². The molecule has 30 heavy (non-hydrogen) atoms. The number of imidazole rings is 1. The highest BCUT2D eigenvalue weighted by atomic mass is 32.5. The summed E-state index contributed by atoms with van der Waals surface area (Å²) in [4.78, 5) is 33.5. The second kappa shape index (κ2) is 7.96. The van der Waals surface area contributed by atoms with Crippen LogP contribution >= 0.6 is 6.72 Å². The fourth-order valence-electron chi connectivity index (χ4n) is 3.46. The third-order valence-corrected chi connectivity index (χ3v) is 6.21. The Morgan fingerprint density at radius 1 is 1.40 bits per heavy atom. The van der Waals surface area contributed by atoms with Gasteiger partial charge in [0.1, 0.15) is 6.23 Å². The van der Waals surface area contributed by atoms with Gasteiger partial charge in [-0.3, -0.25) is 14.3 Å². The average Bonchev–Trinajstić information content (AvgIpc) is 3.07. The molecule has 3 rings (SSSR count). The Morgan fingerprint density at radius 3 is 2.67 bits per heavy atom. The first-order valence-electron chi connectivity index (χ1n) is 9.73. The summed E-state index contributed by atoms with van der Waals surface area (Å²) in [6, 6.07) is 0. The van der Waals surface area contributed by atoms with Gasteiger partial charge in [0.25, 0.3) is 5.56 Å². The van der Waals surface area contributed by atoms with E-state index in [1.807, 2.05) is 0 Å². The molecular weight excluding hydrogens is 429 g/mol. The number of aromatic nitrogens is 4. The largest absolute Gasteiger partial charge is 0.369 e. The first-order chi connectivity index (χ1) is 13.6. The van der Waals surface area contributed by atoms with Gasteiger partial charge >= 0.3 is 6.72 Å². The van der Waals surface area contributed by atoms with Crippen molar-refractivity contribution in [2.45, 2.75) is 78.4 Å². The molecule has 12 heteroatoms. The molecule has 1 saturated heterocycles. The van der Waals surface area contributed by atoms with Crippen LogP contribution in [0.4, 0.5) is 5.95 Å².